The van der Waals surface area contributed by atoms with Gasteiger partial charge in [0.25, 0.3) is 0 Å². The van der Waals surface area contributed by atoms with Gasteiger partial charge in [-0.05, 0) is 31.4 Å². The van der Waals surface area contributed by atoms with Crippen LogP contribution in [0.1, 0.15) is 19.3 Å². The lowest BCUT2D eigenvalue weighted by atomic mass is 10.2. The molecule has 2 aromatic rings. The molecule has 0 aliphatic carbocycles. The topological polar surface area (TPSA) is 87.6 Å². The van der Waals surface area contributed by atoms with E-state index in [4.69, 9.17) is 18.9 Å². The smallest absolute Gasteiger partial charge is 0.344 e. The predicted molar refractivity (Wildman–Crippen MR) is 95.2 cm³/mol. The van der Waals surface area contributed by atoms with Crippen LogP contribution in [0.4, 0.5) is 0 Å². The molecule has 0 radical (unpaired) electrons. The van der Waals surface area contributed by atoms with Crippen molar-refractivity contribution in [3.8, 4) is 17.2 Å². The highest BCUT2D eigenvalue weighted by molar-refractivity contribution is 7.99. The molecule has 0 bridgehead atoms. The summed E-state index contributed by atoms with van der Waals surface area (Å²) in [6.07, 6.45) is 2.99. The van der Waals surface area contributed by atoms with Gasteiger partial charge in [0.05, 0.1) is 19.3 Å². The van der Waals surface area contributed by atoms with E-state index in [1.165, 1.54) is 0 Å². The molecule has 1 atom stereocenters. The minimum Gasteiger partial charge on any atom is -0.493 e. The Balaban J connectivity index is 1.23. The average Bonchev–Trinajstić information content (AvgIpc) is 3.38. The van der Waals surface area contributed by atoms with Crippen molar-refractivity contribution in [2.45, 2.75) is 37.1 Å². The van der Waals surface area contributed by atoms with E-state index in [2.05, 4.69) is 10.2 Å². The summed E-state index contributed by atoms with van der Waals surface area (Å²) in [5.74, 6) is 3.02. The molecule has 0 spiro atoms. The fourth-order valence-electron chi connectivity index (χ4n) is 2.95. The molecule has 1 unspecified atom stereocenters. The second kappa shape index (κ2) is 8.05. The van der Waals surface area contributed by atoms with Crippen LogP contribution in [-0.2, 0) is 11.3 Å². The average molecular weight is 379 g/mol. The lowest BCUT2D eigenvalue weighted by Crippen LogP contribution is -2.25. The summed E-state index contributed by atoms with van der Waals surface area (Å²) in [5, 5.41) is 7.34. The largest absolute Gasteiger partial charge is 0.493 e. The maximum Gasteiger partial charge on any atom is 0.344 e. The van der Waals surface area contributed by atoms with E-state index in [0.29, 0.717) is 24.1 Å². The quantitative estimate of drug-likeness (QED) is 0.555. The normalized spacial score (nSPS) is 18.4. The number of nitrogens with zero attached hydrogens (tertiary/aromatic N) is 2. The Kier molecular flexibility index (Phi) is 5.35. The minimum absolute atomic E-state index is 0.110. The number of thioether (sulfide) groups is 1. The van der Waals surface area contributed by atoms with E-state index in [0.717, 1.165) is 43.1 Å². The molecule has 26 heavy (non-hydrogen) atoms. The summed E-state index contributed by atoms with van der Waals surface area (Å²) in [6, 6.07) is 5.55. The van der Waals surface area contributed by atoms with Crippen molar-refractivity contribution in [2.24, 2.45) is 0 Å². The SMILES string of the molecule is O=c1[nH]nc(SCCCOc2ccc3c(c2)OCO3)n1CC1CCCO1. The molecular weight excluding hydrogens is 358 g/mol. The van der Waals surface area contributed by atoms with Crippen LogP contribution in [0, 0.1) is 0 Å². The Morgan fingerprint density at radius 2 is 2.27 bits per heavy atom. The van der Waals surface area contributed by atoms with Crippen molar-refractivity contribution >= 4 is 11.8 Å². The van der Waals surface area contributed by atoms with E-state index >= 15 is 0 Å². The molecule has 3 heterocycles. The van der Waals surface area contributed by atoms with Crippen LogP contribution in [0.25, 0.3) is 0 Å². The summed E-state index contributed by atoms with van der Waals surface area (Å²) in [7, 11) is 0. The van der Waals surface area contributed by atoms with Gasteiger partial charge in [0, 0.05) is 18.4 Å². The molecule has 0 saturated carbocycles. The number of rotatable bonds is 8. The van der Waals surface area contributed by atoms with Crippen LogP contribution >= 0.6 is 11.8 Å². The summed E-state index contributed by atoms with van der Waals surface area (Å²) in [4.78, 5) is 11.9. The zero-order chi connectivity index (χ0) is 17.8. The van der Waals surface area contributed by atoms with Gasteiger partial charge in [-0.2, -0.15) is 0 Å². The first-order valence-electron chi connectivity index (χ1n) is 8.71. The first kappa shape index (κ1) is 17.3. The zero-order valence-electron chi connectivity index (χ0n) is 14.3. The molecule has 8 nitrogen and oxygen atoms in total. The molecule has 4 rings (SSSR count). The molecule has 1 aromatic carbocycles. The highest BCUT2D eigenvalue weighted by atomic mass is 32.2. The number of aromatic nitrogens is 3. The second-order valence-electron chi connectivity index (χ2n) is 6.12. The third-order valence-corrected chi connectivity index (χ3v) is 5.33. The van der Waals surface area contributed by atoms with Gasteiger partial charge >= 0.3 is 5.69 Å². The molecule has 2 aliphatic heterocycles. The highest BCUT2D eigenvalue weighted by Crippen LogP contribution is 2.35. The van der Waals surface area contributed by atoms with E-state index in [1.54, 1.807) is 16.3 Å². The van der Waals surface area contributed by atoms with Gasteiger partial charge < -0.3 is 18.9 Å². The summed E-state index contributed by atoms with van der Waals surface area (Å²) < 4.78 is 23.6. The maximum atomic E-state index is 11.9. The van der Waals surface area contributed by atoms with Crippen LogP contribution in [0.3, 0.4) is 0 Å². The highest BCUT2D eigenvalue weighted by Gasteiger charge is 2.19. The molecule has 1 saturated heterocycles. The molecule has 9 heteroatoms. The van der Waals surface area contributed by atoms with Gasteiger partial charge in [-0.15, -0.1) is 5.10 Å². The van der Waals surface area contributed by atoms with E-state index < -0.39 is 0 Å². The third-order valence-electron chi connectivity index (χ3n) is 4.27. The molecule has 140 valence electrons. The molecule has 1 aromatic heterocycles. The van der Waals surface area contributed by atoms with Crippen LogP contribution in [0.2, 0.25) is 0 Å². The first-order valence-corrected chi connectivity index (χ1v) is 9.70. The number of fused-ring (bicyclic) bond motifs is 1. The number of H-pyrrole nitrogens is 1. The van der Waals surface area contributed by atoms with Gasteiger partial charge in [0.2, 0.25) is 6.79 Å². The summed E-state index contributed by atoms with van der Waals surface area (Å²) >= 11 is 1.55. The molecule has 2 aliphatic rings. The zero-order valence-corrected chi connectivity index (χ0v) is 15.1. The Bertz CT molecular complexity index is 800. The second-order valence-corrected chi connectivity index (χ2v) is 7.18. The standard InChI is InChI=1S/C17H21N3O5S/c21-16-18-19-17(20(16)10-13-3-1-6-23-13)26-8-2-7-22-12-4-5-14-15(9-12)25-11-24-14/h4-5,9,13H,1-3,6-8,10-11H2,(H,18,21). The van der Waals surface area contributed by atoms with Crippen molar-refractivity contribution in [1.29, 1.82) is 0 Å². The molecule has 1 N–H and O–H groups in total. The maximum absolute atomic E-state index is 11.9. The van der Waals surface area contributed by atoms with Gasteiger partial charge in [0.15, 0.2) is 16.7 Å². The van der Waals surface area contributed by atoms with Crippen LogP contribution < -0.4 is 19.9 Å². The van der Waals surface area contributed by atoms with Crippen LogP contribution in [0.5, 0.6) is 17.2 Å². The van der Waals surface area contributed by atoms with E-state index in [9.17, 15) is 4.79 Å². The lowest BCUT2D eigenvalue weighted by Gasteiger charge is -2.11. The Morgan fingerprint density at radius 3 is 3.15 bits per heavy atom. The van der Waals surface area contributed by atoms with Gasteiger partial charge in [0.1, 0.15) is 5.75 Å². The monoisotopic (exact) mass is 379 g/mol. The van der Waals surface area contributed by atoms with Crippen molar-refractivity contribution in [3.05, 3.63) is 28.7 Å². The van der Waals surface area contributed by atoms with Gasteiger partial charge in [-0.3, -0.25) is 4.57 Å². The predicted octanol–water partition coefficient (Wildman–Crippen LogP) is 2.04. The van der Waals surface area contributed by atoms with E-state index in [-0.39, 0.29) is 18.6 Å². The van der Waals surface area contributed by atoms with Gasteiger partial charge in [-0.1, -0.05) is 11.8 Å². The van der Waals surface area contributed by atoms with Crippen molar-refractivity contribution < 1.29 is 18.9 Å². The molecule has 0 amide bonds. The van der Waals surface area contributed by atoms with Crippen LogP contribution in [0.15, 0.2) is 28.2 Å². The summed E-state index contributed by atoms with van der Waals surface area (Å²) in [6.45, 7) is 2.17. The minimum atomic E-state index is -0.181. The van der Waals surface area contributed by atoms with Crippen LogP contribution in [-0.4, -0.2) is 46.6 Å². The first-order chi connectivity index (χ1) is 12.8. The number of benzene rings is 1. The molecule has 1 fully saturated rings. The van der Waals surface area contributed by atoms with Crippen molar-refractivity contribution in [3.63, 3.8) is 0 Å². The number of nitrogens with one attached hydrogen (secondary N) is 1. The van der Waals surface area contributed by atoms with Crippen molar-refractivity contribution in [2.75, 3.05) is 25.8 Å². The van der Waals surface area contributed by atoms with Crippen molar-refractivity contribution in [1.82, 2.24) is 14.8 Å². The Labute approximate surface area is 154 Å². The fraction of sp³-hybridized carbons (Fsp3) is 0.529. The third kappa shape index (κ3) is 3.99. The molecular formula is C17H21N3O5S. The fourth-order valence-corrected chi connectivity index (χ4v) is 3.81. The Hall–Kier alpha value is -2.13. The number of ether oxygens (including phenoxy) is 4. The number of aromatic amines is 1. The summed E-state index contributed by atoms with van der Waals surface area (Å²) in [5.41, 5.74) is -0.181. The van der Waals surface area contributed by atoms with Gasteiger partial charge in [-0.25, -0.2) is 9.89 Å². The Morgan fingerprint density at radius 1 is 1.35 bits per heavy atom. The number of hydrogen-bond donors (Lipinski definition) is 1. The number of hydrogen-bond acceptors (Lipinski definition) is 7. The van der Waals surface area contributed by atoms with E-state index in [1.807, 2.05) is 18.2 Å². The lowest BCUT2D eigenvalue weighted by molar-refractivity contribution is 0.0941.